The Morgan fingerprint density at radius 3 is 2.55 bits per heavy atom. The molecule has 0 unspecified atom stereocenters. The number of hydrogen-bond acceptors (Lipinski definition) is 4. The van der Waals surface area contributed by atoms with Crippen LogP contribution in [0.1, 0.15) is 0 Å². The highest BCUT2D eigenvalue weighted by atomic mass is 79.9. The SMILES string of the molecule is Nc1cc(-c2nc(-c3ccccc3Br)no2)ccc1Br. The third-order valence-corrected chi connectivity index (χ3v) is 4.20. The number of anilines is 1. The van der Waals surface area contributed by atoms with Crippen LogP contribution in [-0.2, 0) is 0 Å². The van der Waals surface area contributed by atoms with Gasteiger partial charge in [0.1, 0.15) is 0 Å². The van der Waals surface area contributed by atoms with Crippen LogP contribution >= 0.6 is 31.9 Å². The van der Waals surface area contributed by atoms with Crippen LogP contribution in [0.3, 0.4) is 0 Å². The Balaban J connectivity index is 2.02. The number of benzene rings is 2. The zero-order chi connectivity index (χ0) is 14.1. The molecule has 0 bridgehead atoms. The Kier molecular flexibility index (Phi) is 3.58. The maximum absolute atomic E-state index is 5.86. The van der Waals surface area contributed by atoms with Gasteiger partial charge in [-0.25, -0.2) is 0 Å². The van der Waals surface area contributed by atoms with Crippen molar-refractivity contribution in [2.24, 2.45) is 0 Å². The summed E-state index contributed by atoms with van der Waals surface area (Å²) in [5, 5.41) is 4.01. The van der Waals surface area contributed by atoms with Crippen LogP contribution in [-0.4, -0.2) is 10.1 Å². The highest BCUT2D eigenvalue weighted by Crippen LogP contribution is 2.30. The molecule has 2 N–H and O–H groups in total. The van der Waals surface area contributed by atoms with Crippen molar-refractivity contribution >= 4 is 37.5 Å². The van der Waals surface area contributed by atoms with E-state index < -0.39 is 0 Å². The number of nitrogen functional groups attached to an aromatic ring is 1. The molecule has 0 aliphatic heterocycles. The number of nitrogens with two attached hydrogens (primary N) is 1. The first-order valence-electron chi connectivity index (χ1n) is 5.79. The van der Waals surface area contributed by atoms with Crippen molar-refractivity contribution in [1.82, 2.24) is 10.1 Å². The molecular formula is C14H9Br2N3O. The van der Waals surface area contributed by atoms with E-state index in [-0.39, 0.29) is 0 Å². The van der Waals surface area contributed by atoms with Crippen LogP contribution in [0.25, 0.3) is 22.8 Å². The van der Waals surface area contributed by atoms with Gasteiger partial charge in [0.25, 0.3) is 5.89 Å². The summed E-state index contributed by atoms with van der Waals surface area (Å²) in [5.41, 5.74) is 8.15. The zero-order valence-corrected chi connectivity index (χ0v) is 13.3. The molecule has 0 saturated carbocycles. The van der Waals surface area contributed by atoms with Crippen LogP contribution in [0.4, 0.5) is 5.69 Å². The van der Waals surface area contributed by atoms with Gasteiger partial charge in [0.2, 0.25) is 5.82 Å². The van der Waals surface area contributed by atoms with Gasteiger partial charge in [0, 0.05) is 25.8 Å². The van der Waals surface area contributed by atoms with Gasteiger partial charge in [-0.3, -0.25) is 0 Å². The van der Waals surface area contributed by atoms with E-state index in [9.17, 15) is 0 Å². The fraction of sp³-hybridized carbons (Fsp3) is 0. The second-order valence-corrected chi connectivity index (χ2v) is 5.85. The molecule has 20 heavy (non-hydrogen) atoms. The van der Waals surface area contributed by atoms with E-state index in [1.165, 1.54) is 0 Å². The average Bonchev–Trinajstić information content (AvgIpc) is 2.92. The molecule has 1 heterocycles. The quantitative estimate of drug-likeness (QED) is 0.649. The molecule has 2 aromatic carbocycles. The lowest BCUT2D eigenvalue weighted by atomic mass is 10.2. The van der Waals surface area contributed by atoms with Crippen LogP contribution in [0.2, 0.25) is 0 Å². The molecule has 100 valence electrons. The van der Waals surface area contributed by atoms with Crippen LogP contribution < -0.4 is 5.73 Å². The van der Waals surface area contributed by atoms with Crippen molar-refractivity contribution in [2.45, 2.75) is 0 Å². The maximum Gasteiger partial charge on any atom is 0.258 e. The molecule has 3 rings (SSSR count). The molecule has 3 aromatic rings. The van der Waals surface area contributed by atoms with Crippen LogP contribution in [0, 0.1) is 0 Å². The molecule has 0 fully saturated rings. The van der Waals surface area contributed by atoms with Crippen molar-refractivity contribution in [3.63, 3.8) is 0 Å². The molecule has 0 radical (unpaired) electrons. The van der Waals surface area contributed by atoms with Gasteiger partial charge in [-0.2, -0.15) is 4.98 Å². The normalized spacial score (nSPS) is 10.7. The van der Waals surface area contributed by atoms with E-state index in [4.69, 9.17) is 10.3 Å². The highest BCUT2D eigenvalue weighted by molar-refractivity contribution is 9.11. The third-order valence-electron chi connectivity index (χ3n) is 2.78. The number of halogens is 2. The van der Waals surface area contributed by atoms with E-state index in [1.54, 1.807) is 6.07 Å². The lowest BCUT2D eigenvalue weighted by Crippen LogP contribution is -1.88. The van der Waals surface area contributed by atoms with Gasteiger partial charge in [-0.1, -0.05) is 33.2 Å². The minimum absolute atomic E-state index is 0.440. The summed E-state index contributed by atoms with van der Waals surface area (Å²) in [4.78, 5) is 4.40. The molecule has 0 amide bonds. The fourth-order valence-corrected chi connectivity index (χ4v) is 2.48. The molecule has 0 aliphatic carbocycles. The lowest BCUT2D eigenvalue weighted by molar-refractivity contribution is 0.432. The second-order valence-electron chi connectivity index (χ2n) is 4.14. The van der Waals surface area contributed by atoms with Gasteiger partial charge in [0.05, 0.1) is 0 Å². The van der Waals surface area contributed by atoms with E-state index in [0.717, 1.165) is 20.1 Å². The Hall–Kier alpha value is -1.66. The van der Waals surface area contributed by atoms with Crippen LogP contribution in [0.5, 0.6) is 0 Å². The van der Waals surface area contributed by atoms with Gasteiger partial charge in [-0.05, 0) is 46.3 Å². The maximum atomic E-state index is 5.86. The smallest absolute Gasteiger partial charge is 0.258 e. The number of hydrogen-bond donors (Lipinski definition) is 1. The highest BCUT2D eigenvalue weighted by Gasteiger charge is 2.13. The van der Waals surface area contributed by atoms with E-state index in [0.29, 0.717) is 17.4 Å². The Bertz CT molecular complexity index is 771. The van der Waals surface area contributed by atoms with Crippen molar-refractivity contribution in [3.8, 4) is 22.8 Å². The van der Waals surface area contributed by atoms with Gasteiger partial charge in [-0.15, -0.1) is 0 Å². The molecule has 0 saturated heterocycles. The molecule has 6 heteroatoms. The number of rotatable bonds is 2. The Morgan fingerprint density at radius 2 is 1.80 bits per heavy atom. The summed E-state index contributed by atoms with van der Waals surface area (Å²) in [6.07, 6.45) is 0. The summed E-state index contributed by atoms with van der Waals surface area (Å²) in [6.45, 7) is 0. The molecule has 4 nitrogen and oxygen atoms in total. The Labute approximate surface area is 132 Å². The minimum Gasteiger partial charge on any atom is -0.398 e. The minimum atomic E-state index is 0.440. The van der Waals surface area contributed by atoms with E-state index in [1.807, 2.05) is 36.4 Å². The first-order chi connectivity index (χ1) is 9.65. The van der Waals surface area contributed by atoms with E-state index in [2.05, 4.69) is 42.0 Å². The lowest BCUT2D eigenvalue weighted by Gasteiger charge is -1.99. The Morgan fingerprint density at radius 1 is 1.00 bits per heavy atom. The van der Waals surface area contributed by atoms with Crippen molar-refractivity contribution < 1.29 is 4.52 Å². The molecule has 0 spiro atoms. The van der Waals surface area contributed by atoms with Crippen molar-refractivity contribution in [3.05, 3.63) is 51.4 Å². The zero-order valence-electron chi connectivity index (χ0n) is 10.2. The second kappa shape index (κ2) is 5.38. The topological polar surface area (TPSA) is 64.9 Å². The summed E-state index contributed by atoms with van der Waals surface area (Å²) in [5.74, 6) is 0.976. The predicted octanol–water partition coefficient (Wildman–Crippen LogP) is 4.51. The molecule has 0 aliphatic rings. The average molecular weight is 395 g/mol. The third kappa shape index (κ3) is 2.48. The molecule has 0 atom stereocenters. The van der Waals surface area contributed by atoms with Crippen molar-refractivity contribution in [1.29, 1.82) is 0 Å². The van der Waals surface area contributed by atoms with Crippen molar-refractivity contribution in [2.75, 3.05) is 5.73 Å². The standard InChI is InChI=1S/C14H9Br2N3O/c15-10-4-2-1-3-9(10)13-18-14(20-19-13)8-5-6-11(16)12(17)7-8/h1-7H,17H2. The predicted molar refractivity (Wildman–Crippen MR) is 85.0 cm³/mol. The summed E-state index contributed by atoms with van der Waals surface area (Å²) in [6, 6.07) is 13.2. The van der Waals surface area contributed by atoms with Gasteiger partial charge < -0.3 is 10.3 Å². The number of aromatic nitrogens is 2. The van der Waals surface area contributed by atoms with Crippen LogP contribution in [0.15, 0.2) is 55.9 Å². The monoisotopic (exact) mass is 393 g/mol. The largest absolute Gasteiger partial charge is 0.398 e. The summed E-state index contributed by atoms with van der Waals surface area (Å²) in [7, 11) is 0. The summed E-state index contributed by atoms with van der Waals surface area (Å²) < 4.78 is 7.06. The van der Waals surface area contributed by atoms with Gasteiger partial charge in [0.15, 0.2) is 0 Å². The number of nitrogens with zero attached hydrogens (tertiary/aromatic N) is 2. The summed E-state index contributed by atoms with van der Waals surface area (Å²) >= 11 is 6.83. The van der Waals surface area contributed by atoms with Gasteiger partial charge >= 0.3 is 0 Å². The first kappa shape index (κ1) is 13.3. The first-order valence-corrected chi connectivity index (χ1v) is 7.38. The molecular weight excluding hydrogens is 386 g/mol. The van der Waals surface area contributed by atoms with E-state index >= 15 is 0 Å². The molecule has 1 aromatic heterocycles. The fourth-order valence-electron chi connectivity index (χ4n) is 1.77.